The molecule has 0 unspecified atom stereocenters. The predicted molar refractivity (Wildman–Crippen MR) is 452 cm³/mol. The van der Waals surface area contributed by atoms with Gasteiger partial charge in [0.05, 0.1) is 82.1 Å². The molecular formula is C97H94N2O32. The van der Waals surface area contributed by atoms with Crippen molar-refractivity contribution >= 4 is 77.4 Å². The minimum absolute atomic E-state index is 0.0434. The summed E-state index contributed by atoms with van der Waals surface area (Å²) in [5.74, 6) is -14.3. The maximum atomic E-state index is 15.7. The second-order valence-corrected chi connectivity index (χ2v) is 32.1. The van der Waals surface area contributed by atoms with Gasteiger partial charge in [0.15, 0.2) is 74.0 Å². The first-order valence-corrected chi connectivity index (χ1v) is 42.0. The minimum Gasteiger partial charge on any atom is -0.463 e. The average Bonchev–Trinajstić information content (AvgIpc) is 1.64. The lowest BCUT2D eigenvalue weighted by Gasteiger charge is -2.51. The molecule has 4 saturated heterocycles. The van der Waals surface area contributed by atoms with Crippen LogP contribution in [0.3, 0.4) is 0 Å². The number of carbonyl (C=O) groups excluding carboxylic acids is 13. The maximum absolute atomic E-state index is 15.7. The van der Waals surface area contributed by atoms with Crippen LogP contribution < -0.4 is 0 Å². The number of rotatable bonds is 30. The molecular weight excluding hydrogens is 1710 g/mol. The zero-order valence-electron chi connectivity index (χ0n) is 72.4. The lowest BCUT2D eigenvalue weighted by molar-refractivity contribution is -0.360. The lowest BCUT2D eigenvalue weighted by atomic mass is 9.93. The number of amides is 4. The summed E-state index contributed by atoms with van der Waals surface area (Å²) in [6.45, 7) is 12.4. The van der Waals surface area contributed by atoms with Gasteiger partial charge in [-0.3, -0.25) is 43.4 Å². The van der Waals surface area contributed by atoms with Crippen molar-refractivity contribution in [2.75, 3.05) is 33.0 Å². The molecule has 4 fully saturated rings. The highest BCUT2D eigenvalue weighted by molar-refractivity contribution is 6.22. The van der Waals surface area contributed by atoms with E-state index in [1.165, 1.54) is 127 Å². The van der Waals surface area contributed by atoms with Crippen molar-refractivity contribution < 1.29 is 153 Å². The standard InChI is InChI=1S/C97H94N2O32/c1-11-44-115-94-72(98-84(105)64-16-12-13-17-65(64)85(98)106)78(130-96-82(128-92(113)62-40-28-53(6)29-41-62)80(126-90(111)60-36-24-51(4)25-37-60)74(68(45-100)120-96)124-88(109)58-32-20-49(2)21-33-58)77(119-57(10)104)71(122-94)48-117-95-73(99-86(107)66-18-14-15-19-67(66)87(99)108)79(76(118-56(9)103)70(123-95)47-116-55(8)102)131-97-83(129-93(114)63-42-30-54(7)31-43-63)81(127-91(112)61-38-26-52(5)27-39-61)75(69(46-101)121-97)125-89(110)59-34-22-50(3)23-35-59/h11-43,68-83,94-97,100-101H,1,44-48H2,2-10H3/t68-,69-,70-,71-,72-,73-,74-,75-,76+,77+,78-,79-,80+,81+,82-,83-,94-,95-,96+,97+/m1/s1. The summed E-state index contributed by atoms with van der Waals surface area (Å²) in [4.78, 5) is 195. The smallest absolute Gasteiger partial charge is 0.338 e. The van der Waals surface area contributed by atoms with Gasteiger partial charge in [0.25, 0.3) is 23.6 Å². The first kappa shape index (κ1) is 93.7. The Bertz CT molecular complexity index is 5540. The van der Waals surface area contributed by atoms with Crippen LogP contribution in [0, 0.1) is 41.5 Å². The third kappa shape index (κ3) is 20.9. The van der Waals surface area contributed by atoms with Crippen LogP contribution in [0.4, 0.5) is 0 Å². The van der Waals surface area contributed by atoms with E-state index >= 15 is 28.8 Å². The molecule has 0 saturated carbocycles. The molecule has 0 radical (unpaired) electrons. The number of benzene rings is 8. The van der Waals surface area contributed by atoms with Gasteiger partial charge >= 0.3 is 53.7 Å². The molecule has 684 valence electrons. The van der Waals surface area contributed by atoms with E-state index < -0.39 is 233 Å². The number of imide groups is 2. The van der Waals surface area contributed by atoms with Crippen LogP contribution in [0.15, 0.2) is 207 Å². The molecule has 34 nitrogen and oxygen atoms in total. The van der Waals surface area contributed by atoms with E-state index in [1.54, 1.807) is 114 Å². The Morgan fingerprint density at radius 3 is 0.832 bits per heavy atom. The summed E-state index contributed by atoms with van der Waals surface area (Å²) >= 11 is 0. The number of esters is 9. The maximum Gasteiger partial charge on any atom is 0.338 e. The summed E-state index contributed by atoms with van der Waals surface area (Å²) in [6.07, 6.45) is -37.0. The van der Waals surface area contributed by atoms with E-state index in [-0.39, 0.29) is 55.6 Å². The van der Waals surface area contributed by atoms with Crippen LogP contribution in [0.5, 0.6) is 0 Å². The Morgan fingerprint density at radius 2 is 0.565 bits per heavy atom. The Morgan fingerprint density at radius 1 is 0.313 bits per heavy atom. The normalized spacial score (nSPS) is 26.2. The molecule has 20 atom stereocenters. The lowest BCUT2D eigenvalue weighted by Crippen LogP contribution is -2.71. The van der Waals surface area contributed by atoms with Crippen LogP contribution >= 0.6 is 0 Å². The van der Waals surface area contributed by atoms with Crippen molar-refractivity contribution in [2.24, 2.45) is 0 Å². The molecule has 34 heteroatoms. The highest BCUT2D eigenvalue weighted by Crippen LogP contribution is 2.44. The van der Waals surface area contributed by atoms with E-state index in [2.05, 4.69) is 6.58 Å². The van der Waals surface area contributed by atoms with Gasteiger partial charge in [-0.1, -0.05) is 137 Å². The fraction of sp³-hybridized carbons (Fsp3) is 0.351. The van der Waals surface area contributed by atoms with Gasteiger partial charge in [-0.05, 0) is 139 Å². The molecule has 14 rings (SSSR count). The molecule has 6 heterocycles. The highest BCUT2D eigenvalue weighted by Gasteiger charge is 2.64. The third-order valence-corrected chi connectivity index (χ3v) is 22.6. The number of hydrogen-bond donors (Lipinski definition) is 2. The number of fused-ring (bicyclic) bond motifs is 2. The second-order valence-electron chi connectivity index (χ2n) is 32.1. The third-order valence-electron chi connectivity index (χ3n) is 22.6. The predicted octanol–water partition coefficient (Wildman–Crippen LogP) is 8.82. The first-order chi connectivity index (χ1) is 62.9. The van der Waals surface area contributed by atoms with Gasteiger partial charge in [0.2, 0.25) is 0 Å². The van der Waals surface area contributed by atoms with E-state index in [0.29, 0.717) is 32.1 Å². The fourth-order valence-corrected chi connectivity index (χ4v) is 16.0. The molecule has 8 aromatic rings. The molecule has 0 aliphatic carbocycles. The molecule has 6 aliphatic heterocycles. The number of hydrogen-bond acceptors (Lipinski definition) is 32. The summed E-state index contributed by atoms with van der Waals surface area (Å²) < 4.78 is 111. The second kappa shape index (κ2) is 41.2. The van der Waals surface area contributed by atoms with E-state index in [9.17, 15) is 43.8 Å². The topological polar surface area (TPSA) is 426 Å². The van der Waals surface area contributed by atoms with Crippen molar-refractivity contribution in [3.63, 3.8) is 0 Å². The van der Waals surface area contributed by atoms with Crippen LogP contribution in [-0.2, 0) is 94.9 Å². The summed E-state index contributed by atoms with van der Waals surface area (Å²) in [6, 6.07) is 42.8. The quantitative estimate of drug-likeness (QED) is 0.0184. The van der Waals surface area contributed by atoms with Gasteiger partial charge in [-0.15, -0.1) is 6.58 Å². The van der Waals surface area contributed by atoms with Crippen LogP contribution in [0.1, 0.15) is 158 Å². The number of ether oxygens (including phenoxy) is 17. The molecule has 0 bridgehead atoms. The Hall–Kier alpha value is -13.4. The number of aryl methyl sites for hydroxylation is 6. The zero-order valence-corrected chi connectivity index (χ0v) is 72.4. The molecule has 131 heavy (non-hydrogen) atoms. The molecule has 8 aromatic carbocycles. The number of aliphatic hydroxyl groups is 2. The average molecular weight is 1800 g/mol. The van der Waals surface area contributed by atoms with Crippen molar-refractivity contribution in [1.29, 1.82) is 0 Å². The van der Waals surface area contributed by atoms with Crippen LogP contribution in [0.2, 0.25) is 0 Å². The number of aliphatic hydroxyl groups excluding tert-OH is 2. The van der Waals surface area contributed by atoms with Crippen molar-refractivity contribution in [2.45, 2.75) is 185 Å². The minimum atomic E-state index is -2.36. The van der Waals surface area contributed by atoms with Crippen molar-refractivity contribution in [3.05, 3.63) is 296 Å². The Balaban J connectivity index is 0.928. The van der Waals surface area contributed by atoms with Gasteiger partial charge in [-0.2, -0.15) is 0 Å². The van der Waals surface area contributed by atoms with E-state index in [0.717, 1.165) is 31.9 Å². The molecule has 0 aromatic heterocycles. The van der Waals surface area contributed by atoms with Gasteiger partial charge in [0, 0.05) is 20.8 Å². The SMILES string of the molecule is C=CCO[C@@H]1O[C@H](CO[C@@H]2O[C@H](COC(C)=O)[C@H](OC(C)=O)[C@H](O[C@@H]3O[C@H](CO)[C@@H](OC(=O)c4ccc(C)cc4)[C@H](OC(=O)c4ccc(C)cc4)[C@H]3OC(=O)c3ccc(C)cc3)[C@H]2N2C(=O)c3ccccc3C2=O)[C@H](OC(C)=O)[C@H](O[C@@H]2O[C@H](CO)[C@@H](OC(=O)c3ccc(C)cc3)[C@H](OC(=O)c3ccc(C)cc3)[C@H]2OC(=O)c2ccc(C)cc2)[C@H]1N1C(=O)c2ccccc2C1=O. The van der Waals surface area contributed by atoms with Gasteiger partial charge in [-0.25, -0.2) is 28.8 Å². The molecule has 6 aliphatic rings. The Labute approximate surface area is 750 Å². The summed E-state index contributed by atoms with van der Waals surface area (Å²) in [7, 11) is 0. The van der Waals surface area contributed by atoms with Crippen molar-refractivity contribution in [1.82, 2.24) is 9.80 Å². The molecule has 0 spiro atoms. The van der Waals surface area contributed by atoms with Crippen LogP contribution in [0.25, 0.3) is 0 Å². The molecule has 2 N–H and O–H groups in total. The zero-order chi connectivity index (χ0) is 93.3. The number of nitrogens with zero attached hydrogens (tertiary/aromatic N) is 2. The summed E-state index contributed by atoms with van der Waals surface area (Å²) in [5, 5.41) is 23.4. The fourth-order valence-electron chi connectivity index (χ4n) is 16.0. The van der Waals surface area contributed by atoms with E-state index in [1.807, 2.05) is 0 Å². The Kier molecular flexibility index (Phi) is 29.5. The summed E-state index contributed by atoms with van der Waals surface area (Å²) in [5.41, 5.74) is 2.92. The van der Waals surface area contributed by atoms with Gasteiger partial charge < -0.3 is 90.7 Å². The largest absolute Gasteiger partial charge is 0.463 e. The van der Waals surface area contributed by atoms with Crippen LogP contribution in [-0.4, -0.2) is 253 Å². The van der Waals surface area contributed by atoms with Crippen molar-refractivity contribution in [3.8, 4) is 0 Å². The highest BCUT2D eigenvalue weighted by atomic mass is 16.8. The van der Waals surface area contributed by atoms with E-state index in [4.69, 9.17) is 80.5 Å². The van der Waals surface area contributed by atoms with Gasteiger partial charge in [0.1, 0.15) is 55.3 Å². The monoisotopic (exact) mass is 1800 g/mol. The number of carbonyl (C=O) groups is 13. The molecule has 4 amide bonds. The first-order valence-electron chi connectivity index (χ1n) is 42.0.